The molecule has 1 fully saturated rings. The fourth-order valence-electron chi connectivity index (χ4n) is 2.00. The molecule has 1 saturated heterocycles. The second kappa shape index (κ2) is 6.94. The minimum atomic E-state index is -4.32. The molecule has 0 aliphatic carbocycles. The average Bonchev–Trinajstić information content (AvgIpc) is 2.75. The van der Waals surface area contributed by atoms with E-state index >= 15 is 0 Å². The van der Waals surface area contributed by atoms with Gasteiger partial charge < -0.3 is 10.6 Å². The van der Waals surface area contributed by atoms with Crippen molar-refractivity contribution in [3.63, 3.8) is 0 Å². The van der Waals surface area contributed by atoms with Gasteiger partial charge in [-0.25, -0.2) is 0 Å². The summed E-state index contributed by atoms with van der Waals surface area (Å²) in [6, 6.07) is -0.278. The van der Waals surface area contributed by atoms with Crippen molar-refractivity contribution < 1.29 is 18.0 Å². The van der Waals surface area contributed by atoms with Gasteiger partial charge >= 0.3 is 6.18 Å². The highest BCUT2D eigenvalue weighted by molar-refractivity contribution is 5.94. The zero-order chi connectivity index (χ0) is 13.9. The van der Waals surface area contributed by atoms with E-state index < -0.39 is 12.7 Å². The monoisotopic (exact) mass is 312 g/mol. The Morgan fingerprint density at radius 2 is 2.25 bits per heavy atom. The summed E-state index contributed by atoms with van der Waals surface area (Å²) >= 11 is 0. The number of anilines is 1. The molecular formula is C11H16ClF3N4O. The lowest BCUT2D eigenvalue weighted by atomic mass is 10.0. The van der Waals surface area contributed by atoms with Crippen molar-refractivity contribution in [1.82, 2.24) is 15.1 Å². The summed E-state index contributed by atoms with van der Waals surface area (Å²) in [5.74, 6) is -0.230. The van der Waals surface area contributed by atoms with Crippen LogP contribution in [0.2, 0.25) is 0 Å². The summed E-state index contributed by atoms with van der Waals surface area (Å²) in [6.07, 6.45) is 0.813. The van der Waals surface area contributed by atoms with Crippen molar-refractivity contribution >= 4 is 24.0 Å². The molecule has 1 aliphatic rings. The number of nitrogens with zero attached hydrogens (tertiary/aromatic N) is 2. The first-order valence-corrected chi connectivity index (χ1v) is 6.07. The van der Waals surface area contributed by atoms with Crippen LogP contribution in [0.3, 0.4) is 0 Å². The second-order valence-corrected chi connectivity index (χ2v) is 4.53. The molecule has 5 nitrogen and oxygen atoms in total. The Kier molecular flexibility index (Phi) is 5.82. The van der Waals surface area contributed by atoms with Crippen molar-refractivity contribution in [1.29, 1.82) is 0 Å². The van der Waals surface area contributed by atoms with Crippen LogP contribution in [-0.2, 0) is 11.3 Å². The van der Waals surface area contributed by atoms with Gasteiger partial charge in [-0.15, -0.1) is 12.4 Å². The quantitative estimate of drug-likeness (QED) is 0.897. The van der Waals surface area contributed by atoms with Crippen LogP contribution in [0.25, 0.3) is 0 Å². The molecule has 1 amide bonds. The lowest BCUT2D eigenvalue weighted by Crippen LogP contribution is -2.43. The second-order valence-electron chi connectivity index (χ2n) is 4.53. The molecule has 1 aromatic heterocycles. The van der Waals surface area contributed by atoms with Gasteiger partial charge in [0, 0.05) is 6.20 Å². The summed E-state index contributed by atoms with van der Waals surface area (Å²) in [4.78, 5) is 11.8. The summed E-state index contributed by atoms with van der Waals surface area (Å²) in [6.45, 7) is -0.379. The molecule has 2 heterocycles. The van der Waals surface area contributed by atoms with Crippen LogP contribution < -0.4 is 10.6 Å². The van der Waals surface area contributed by atoms with Gasteiger partial charge in [-0.05, 0) is 19.4 Å². The first kappa shape index (κ1) is 16.8. The van der Waals surface area contributed by atoms with Gasteiger partial charge in [0.1, 0.15) is 6.54 Å². The fraction of sp³-hybridized carbons (Fsp3) is 0.636. The number of amides is 1. The number of piperidine rings is 1. The topological polar surface area (TPSA) is 59.0 Å². The zero-order valence-corrected chi connectivity index (χ0v) is 11.4. The van der Waals surface area contributed by atoms with E-state index in [0.717, 1.165) is 30.5 Å². The average molecular weight is 313 g/mol. The lowest BCUT2D eigenvalue weighted by Gasteiger charge is -2.22. The fourth-order valence-corrected chi connectivity index (χ4v) is 2.00. The maximum Gasteiger partial charge on any atom is 0.408 e. The van der Waals surface area contributed by atoms with E-state index in [2.05, 4.69) is 15.7 Å². The maximum atomic E-state index is 12.1. The van der Waals surface area contributed by atoms with Crippen molar-refractivity contribution in [3.05, 3.63) is 12.4 Å². The summed E-state index contributed by atoms with van der Waals surface area (Å²) in [7, 11) is 0. The highest BCUT2D eigenvalue weighted by atomic mass is 35.5. The molecule has 114 valence electrons. The van der Waals surface area contributed by atoms with Crippen LogP contribution in [0.1, 0.15) is 19.3 Å². The molecule has 1 aliphatic heterocycles. The number of carbonyl (C=O) groups excluding carboxylic acids is 1. The van der Waals surface area contributed by atoms with E-state index in [0.29, 0.717) is 0 Å². The van der Waals surface area contributed by atoms with Gasteiger partial charge in [-0.3, -0.25) is 9.48 Å². The van der Waals surface area contributed by atoms with Crippen LogP contribution in [-0.4, -0.2) is 34.5 Å². The van der Waals surface area contributed by atoms with Gasteiger partial charge in [-0.1, -0.05) is 6.42 Å². The molecule has 1 atom stereocenters. The molecule has 2 N–H and O–H groups in total. The zero-order valence-electron chi connectivity index (χ0n) is 10.6. The van der Waals surface area contributed by atoms with Crippen molar-refractivity contribution in [2.45, 2.75) is 38.0 Å². The van der Waals surface area contributed by atoms with E-state index in [-0.39, 0.29) is 30.0 Å². The standard InChI is InChI=1S/C11H15F3N4O.ClH/c12-11(13,14)7-18-6-8(5-16-18)17-10(19)9-3-1-2-4-15-9;/h5-6,9,15H,1-4,7H2,(H,17,19);1H. The summed E-state index contributed by atoms with van der Waals surface area (Å²) in [5, 5.41) is 9.19. The smallest absolute Gasteiger partial charge is 0.322 e. The maximum absolute atomic E-state index is 12.1. The number of hydrogen-bond donors (Lipinski definition) is 2. The third kappa shape index (κ3) is 5.01. The molecule has 20 heavy (non-hydrogen) atoms. The minimum Gasteiger partial charge on any atom is -0.322 e. The number of hydrogen-bond acceptors (Lipinski definition) is 3. The molecule has 0 radical (unpaired) electrons. The number of halogens is 4. The third-order valence-corrected chi connectivity index (χ3v) is 2.87. The van der Waals surface area contributed by atoms with Gasteiger partial charge in [0.25, 0.3) is 0 Å². The van der Waals surface area contributed by atoms with Crippen LogP contribution in [0.4, 0.5) is 18.9 Å². The van der Waals surface area contributed by atoms with Crippen LogP contribution in [0, 0.1) is 0 Å². The Hall–Kier alpha value is -1.28. The Bertz CT molecular complexity index is 443. The molecule has 0 bridgehead atoms. The van der Waals surface area contributed by atoms with Crippen LogP contribution in [0.15, 0.2) is 12.4 Å². The molecular weight excluding hydrogens is 297 g/mol. The predicted molar refractivity (Wildman–Crippen MR) is 69.8 cm³/mol. The predicted octanol–water partition coefficient (Wildman–Crippen LogP) is 1.95. The molecule has 2 rings (SSSR count). The molecule has 0 aromatic carbocycles. The SMILES string of the molecule is Cl.O=C(Nc1cnn(CC(F)(F)F)c1)C1CCCCN1. The molecule has 9 heteroatoms. The van der Waals surface area contributed by atoms with Gasteiger partial charge in [0.2, 0.25) is 5.91 Å². The summed E-state index contributed by atoms with van der Waals surface area (Å²) < 4.78 is 37.2. The number of nitrogens with one attached hydrogen (secondary N) is 2. The van der Waals surface area contributed by atoms with E-state index in [1.54, 1.807) is 0 Å². The normalized spacial score (nSPS) is 19.2. The number of aromatic nitrogens is 2. The van der Waals surface area contributed by atoms with E-state index in [1.165, 1.54) is 12.4 Å². The largest absolute Gasteiger partial charge is 0.408 e. The van der Waals surface area contributed by atoms with E-state index in [1.807, 2.05) is 0 Å². The van der Waals surface area contributed by atoms with Crippen molar-refractivity contribution in [2.24, 2.45) is 0 Å². The minimum absolute atomic E-state index is 0. The highest BCUT2D eigenvalue weighted by Gasteiger charge is 2.28. The van der Waals surface area contributed by atoms with Crippen molar-refractivity contribution in [2.75, 3.05) is 11.9 Å². The van der Waals surface area contributed by atoms with Gasteiger partial charge in [-0.2, -0.15) is 18.3 Å². The van der Waals surface area contributed by atoms with Gasteiger partial charge in [0.05, 0.1) is 17.9 Å². The molecule has 1 unspecified atom stereocenters. The van der Waals surface area contributed by atoms with Crippen molar-refractivity contribution in [3.8, 4) is 0 Å². The van der Waals surface area contributed by atoms with Crippen LogP contribution in [0.5, 0.6) is 0 Å². The summed E-state index contributed by atoms with van der Waals surface area (Å²) in [5.41, 5.74) is 0.279. The van der Waals surface area contributed by atoms with Crippen LogP contribution >= 0.6 is 12.4 Å². The Morgan fingerprint density at radius 1 is 1.50 bits per heavy atom. The third-order valence-electron chi connectivity index (χ3n) is 2.87. The van der Waals surface area contributed by atoms with E-state index in [9.17, 15) is 18.0 Å². The van der Waals surface area contributed by atoms with E-state index in [4.69, 9.17) is 0 Å². The number of carbonyl (C=O) groups is 1. The Balaban J connectivity index is 0.00000200. The number of rotatable bonds is 3. The Labute approximate surface area is 120 Å². The van der Waals surface area contributed by atoms with Gasteiger partial charge in [0.15, 0.2) is 0 Å². The lowest BCUT2D eigenvalue weighted by molar-refractivity contribution is -0.142. The molecule has 1 aromatic rings. The number of alkyl halides is 3. The molecule has 0 saturated carbocycles. The highest BCUT2D eigenvalue weighted by Crippen LogP contribution is 2.18. The first-order valence-electron chi connectivity index (χ1n) is 6.07. The first-order chi connectivity index (χ1) is 8.94. The Morgan fingerprint density at radius 3 is 2.85 bits per heavy atom. The molecule has 0 spiro atoms.